The van der Waals surface area contributed by atoms with E-state index in [0.29, 0.717) is 73.1 Å². The van der Waals surface area contributed by atoms with Gasteiger partial charge >= 0.3 is 0 Å². The lowest BCUT2D eigenvalue weighted by molar-refractivity contribution is 0.0965. The minimum absolute atomic E-state index is 0.146. The fraction of sp³-hybridized carbons (Fsp3) is 0.280. The monoisotopic (exact) mass is 515 g/mol. The second-order valence-electron chi connectivity index (χ2n) is 8.77. The van der Waals surface area contributed by atoms with Gasteiger partial charge in [-0.2, -0.15) is 4.98 Å². The predicted octanol–water partition coefficient (Wildman–Crippen LogP) is 1.89. The molecule has 1 amide bonds. The first-order chi connectivity index (χ1) is 18.7. The second kappa shape index (κ2) is 10.4. The van der Waals surface area contributed by atoms with Crippen molar-refractivity contribution < 1.29 is 19.2 Å². The summed E-state index contributed by atoms with van der Waals surface area (Å²) in [6, 6.07) is 11.0. The first kappa shape index (κ1) is 23.8. The fourth-order valence-corrected chi connectivity index (χ4v) is 4.31. The van der Waals surface area contributed by atoms with Crippen molar-refractivity contribution in [1.29, 1.82) is 0 Å². The Morgan fingerprint density at radius 3 is 2.71 bits per heavy atom. The van der Waals surface area contributed by atoms with Crippen molar-refractivity contribution in [3.8, 4) is 11.5 Å². The van der Waals surface area contributed by atoms with Gasteiger partial charge in [0.1, 0.15) is 5.82 Å². The van der Waals surface area contributed by atoms with Gasteiger partial charge in [-0.1, -0.05) is 30.3 Å². The molecule has 0 radical (unpaired) electrons. The summed E-state index contributed by atoms with van der Waals surface area (Å²) < 4.78 is 11.0. The smallest absolute Gasteiger partial charge is 0.266 e. The zero-order valence-electron chi connectivity index (χ0n) is 20.3. The number of rotatable bonds is 8. The van der Waals surface area contributed by atoms with Crippen molar-refractivity contribution in [2.75, 3.05) is 48.4 Å². The molecule has 1 atom stereocenters. The molecule has 1 saturated heterocycles. The topological polar surface area (TPSA) is 163 Å². The maximum absolute atomic E-state index is 11.8. The molecule has 13 nitrogen and oxygen atoms in total. The molecule has 1 aromatic carbocycles. The Morgan fingerprint density at radius 2 is 1.89 bits per heavy atom. The maximum atomic E-state index is 11.8. The number of ether oxygens (including phenoxy) is 1. The third kappa shape index (κ3) is 4.84. The van der Waals surface area contributed by atoms with Gasteiger partial charge in [0.15, 0.2) is 0 Å². The molecule has 3 aromatic heterocycles. The molecule has 4 N–H and O–H groups in total. The van der Waals surface area contributed by atoms with Gasteiger partial charge in [0.25, 0.3) is 17.7 Å². The van der Waals surface area contributed by atoms with E-state index in [9.17, 15) is 9.90 Å². The number of carbonyl (C=O) groups is 1. The standard InChI is InChI=1S/C25H25N9O4/c35-14-20(15-4-2-1-3-5-15)29-18-10-21(31-24-28-11-16-19(30-24)13-27-22(16)36)26-12-17(18)23-32-25(33-38-23)34-6-8-37-9-7-34/h1-5,10-12,20,35H,6-9,13-14H2,(H,27,36)(H2,26,28,29,30,31)/t20-/m1/s1. The molecule has 0 bridgehead atoms. The summed E-state index contributed by atoms with van der Waals surface area (Å²) in [4.78, 5) is 31.6. The molecule has 1 fully saturated rings. The minimum atomic E-state index is -0.403. The Morgan fingerprint density at radius 1 is 1.08 bits per heavy atom. The Hall–Kier alpha value is -4.62. The van der Waals surface area contributed by atoms with Crippen LogP contribution in [-0.2, 0) is 11.3 Å². The number of nitrogens with one attached hydrogen (secondary N) is 3. The number of hydrogen-bond donors (Lipinski definition) is 4. The summed E-state index contributed by atoms with van der Waals surface area (Å²) in [5.41, 5.74) is 3.17. The van der Waals surface area contributed by atoms with E-state index in [1.54, 1.807) is 12.3 Å². The lowest BCUT2D eigenvalue weighted by atomic mass is 10.1. The van der Waals surface area contributed by atoms with Gasteiger partial charge < -0.3 is 35.2 Å². The Bertz CT molecular complexity index is 1440. The van der Waals surface area contributed by atoms with Crippen molar-refractivity contribution in [1.82, 2.24) is 30.4 Å². The lowest BCUT2D eigenvalue weighted by Crippen LogP contribution is -2.36. The van der Waals surface area contributed by atoms with Crippen LogP contribution in [0.25, 0.3) is 11.5 Å². The van der Waals surface area contributed by atoms with Gasteiger partial charge in [0.05, 0.1) is 54.9 Å². The second-order valence-corrected chi connectivity index (χ2v) is 8.77. The Balaban J connectivity index is 1.32. The zero-order chi connectivity index (χ0) is 25.9. The molecule has 0 saturated carbocycles. The van der Waals surface area contributed by atoms with Crippen molar-refractivity contribution >= 4 is 29.3 Å². The first-order valence-corrected chi connectivity index (χ1v) is 12.2. The van der Waals surface area contributed by atoms with Crippen LogP contribution in [0.5, 0.6) is 0 Å². The van der Waals surface area contributed by atoms with Crippen LogP contribution in [0.15, 0.2) is 53.3 Å². The molecular weight excluding hydrogens is 490 g/mol. The van der Waals surface area contributed by atoms with E-state index in [2.05, 4.69) is 41.0 Å². The molecule has 2 aliphatic heterocycles. The number of aromatic nitrogens is 5. The van der Waals surface area contributed by atoms with Crippen LogP contribution in [0.4, 0.5) is 23.4 Å². The third-order valence-corrected chi connectivity index (χ3v) is 6.33. The number of anilines is 4. The van der Waals surface area contributed by atoms with E-state index >= 15 is 0 Å². The average molecular weight is 516 g/mol. The summed E-state index contributed by atoms with van der Waals surface area (Å²) in [7, 11) is 0. The molecule has 2 aliphatic rings. The van der Waals surface area contributed by atoms with E-state index < -0.39 is 6.04 Å². The number of pyridine rings is 1. The molecule has 13 heteroatoms. The zero-order valence-corrected chi connectivity index (χ0v) is 20.3. The van der Waals surface area contributed by atoms with Crippen LogP contribution in [0.3, 0.4) is 0 Å². The minimum Gasteiger partial charge on any atom is -0.394 e. The maximum Gasteiger partial charge on any atom is 0.266 e. The quantitative estimate of drug-likeness (QED) is 0.270. The van der Waals surface area contributed by atoms with Crippen LogP contribution in [0.2, 0.25) is 0 Å². The number of nitrogens with zero attached hydrogens (tertiary/aromatic N) is 6. The van der Waals surface area contributed by atoms with Crippen molar-refractivity contribution in [2.45, 2.75) is 12.6 Å². The molecule has 0 spiro atoms. The molecule has 0 aliphatic carbocycles. The highest BCUT2D eigenvalue weighted by Gasteiger charge is 2.23. The van der Waals surface area contributed by atoms with Crippen LogP contribution in [0, 0.1) is 0 Å². The third-order valence-electron chi connectivity index (χ3n) is 6.33. The van der Waals surface area contributed by atoms with Gasteiger partial charge in [0.2, 0.25) is 5.95 Å². The van der Waals surface area contributed by atoms with Crippen LogP contribution >= 0.6 is 0 Å². The average Bonchev–Trinajstić information content (AvgIpc) is 3.60. The summed E-state index contributed by atoms with van der Waals surface area (Å²) >= 11 is 0. The SMILES string of the molecule is O=C1NCc2nc(Nc3cc(N[C@H](CO)c4ccccc4)c(-c4nc(N5CCOCC5)no4)cn3)ncc21. The van der Waals surface area contributed by atoms with Gasteiger partial charge in [-0.25, -0.2) is 15.0 Å². The fourth-order valence-electron chi connectivity index (χ4n) is 4.31. The molecule has 38 heavy (non-hydrogen) atoms. The molecule has 5 heterocycles. The molecule has 6 rings (SSSR count). The van der Waals surface area contributed by atoms with Gasteiger partial charge in [-0.05, 0) is 10.7 Å². The van der Waals surface area contributed by atoms with Crippen molar-refractivity contribution in [3.05, 3.63) is 65.6 Å². The molecular formula is C25H25N9O4. The highest BCUT2D eigenvalue weighted by molar-refractivity contribution is 5.97. The normalized spacial score (nSPS) is 15.6. The molecule has 0 unspecified atom stereocenters. The van der Waals surface area contributed by atoms with Crippen LogP contribution < -0.4 is 20.9 Å². The number of aliphatic hydroxyl groups is 1. The predicted molar refractivity (Wildman–Crippen MR) is 137 cm³/mol. The highest BCUT2D eigenvalue weighted by Crippen LogP contribution is 2.33. The van der Waals surface area contributed by atoms with Crippen molar-refractivity contribution in [2.24, 2.45) is 0 Å². The van der Waals surface area contributed by atoms with Gasteiger partial charge in [0, 0.05) is 31.5 Å². The number of morpholine rings is 1. The number of benzene rings is 1. The number of amides is 1. The highest BCUT2D eigenvalue weighted by atomic mass is 16.5. The largest absolute Gasteiger partial charge is 0.394 e. The van der Waals surface area contributed by atoms with Crippen molar-refractivity contribution in [3.63, 3.8) is 0 Å². The Kier molecular flexibility index (Phi) is 6.50. The van der Waals surface area contributed by atoms with E-state index in [1.165, 1.54) is 6.20 Å². The number of hydrogen-bond acceptors (Lipinski definition) is 12. The molecule has 194 valence electrons. The van der Waals surface area contributed by atoms with Crippen LogP contribution in [-0.4, -0.2) is 69.0 Å². The number of carbonyl (C=O) groups excluding carboxylic acids is 1. The Labute approximate surface area is 217 Å². The van der Waals surface area contributed by atoms with Gasteiger partial charge in [-0.15, -0.1) is 0 Å². The van der Waals surface area contributed by atoms with E-state index in [4.69, 9.17) is 9.26 Å². The van der Waals surface area contributed by atoms with E-state index in [0.717, 1.165) is 5.56 Å². The van der Waals surface area contributed by atoms with E-state index in [-0.39, 0.29) is 18.4 Å². The summed E-state index contributed by atoms with van der Waals surface area (Å²) in [6.07, 6.45) is 3.10. The summed E-state index contributed by atoms with van der Waals surface area (Å²) in [5.74, 6) is 1.34. The first-order valence-electron chi connectivity index (χ1n) is 12.2. The van der Waals surface area contributed by atoms with Gasteiger partial charge in [-0.3, -0.25) is 4.79 Å². The number of fused-ring (bicyclic) bond motifs is 1. The molecule has 4 aromatic rings. The summed E-state index contributed by atoms with van der Waals surface area (Å²) in [6.45, 7) is 2.75. The van der Waals surface area contributed by atoms with E-state index in [1.807, 2.05) is 35.2 Å². The number of aliphatic hydroxyl groups excluding tert-OH is 1. The van der Waals surface area contributed by atoms with Crippen LogP contribution in [0.1, 0.15) is 27.7 Å². The summed E-state index contributed by atoms with van der Waals surface area (Å²) in [5, 5.41) is 23.5. The lowest BCUT2D eigenvalue weighted by Gasteiger charge is -2.24.